The van der Waals surface area contributed by atoms with Gasteiger partial charge in [-0.2, -0.15) is 0 Å². The molecule has 6 N–H and O–H groups in total. The number of hydrogen-bond donors (Lipinski definition) is 6. The van der Waals surface area contributed by atoms with Gasteiger partial charge in [0.25, 0.3) is 0 Å². The van der Waals surface area contributed by atoms with Gasteiger partial charge in [0.1, 0.15) is 0 Å². The molecule has 0 heterocycles. The molecule has 0 aliphatic heterocycles. The summed E-state index contributed by atoms with van der Waals surface area (Å²) in [6.07, 6.45) is 0. The highest BCUT2D eigenvalue weighted by Crippen LogP contribution is 2.26. The van der Waals surface area contributed by atoms with Crippen molar-refractivity contribution in [3.8, 4) is 0 Å². The van der Waals surface area contributed by atoms with E-state index in [4.69, 9.17) is 30.6 Å². The summed E-state index contributed by atoms with van der Waals surface area (Å²) in [4.78, 5) is 65.5. The van der Waals surface area contributed by atoms with Crippen molar-refractivity contribution in [3.63, 3.8) is 0 Å². The van der Waals surface area contributed by atoms with Crippen LogP contribution >= 0.6 is 0 Å². The summed E-state index contributed by atoms with van der Waals surface area (Å²) in [5, 5.41) is 53.9. The Morgan fingerprint density at radius 2 is 0.882 bits per heavy atom. The van der Waals surface area contributed by atoms with Crippen LogP contribution in [0.3, 0.4) is 0 Å². The average Bonchev–Trinajstić information content (AvgIpc) is 2.77. The van der Waals surface area contributed by atoms with Crippen LogP contribution in [0.15, 0.2) is 48.5 Å². The number of fused-ring (bicyclic) bond motifs is 1. The number of carboxylic acid groups (broad SMARTS) is 6. The molecule has 174 valence electrons. The summed E-state index contributed by atoms with van der Waals surface area (Å²) in [5.74, 6) is -9.07. The highest BCUT2D eigenvalue weighted by Gasteiger charge is 2.26. The molecule has 34 heavy (non-hydrogen) atoms. The summed E-state index contributed by atoms with van der Waals surface area (Å²) < 4.78 is 0. The molecular weight excluding hydrogens is 456 g/mol. The molecule has 0 fully saturated rings. The second-order valence-electron chi connectivity index (χ2n) is 6.45. The Morgan fingerprint density at radius 1 is 0.441 bits per heavy atom. The van der Waals surface area contributed by atoms with Crippen LogP contribution < -0.4 is 0 Å². The fraction of sp³-hybridized carbons (Fsp3) is 0. The van der Waals surface area contributed by atoms with Gasteiger partial charge in [0.2, 0.25) is 0 Å². The number of carbonyl (C=O) groups is 6. The highest BCUT2D eigenvalue weighted by atomic mass is 16.4. The normalized spacial score (nSPS) is 10.0. The largest absolute Gasteiger partial charge is 0.478 e. The van der Waals surface area contributed by atoms with E-state index in [2.05, 4.69) is 0 Å². The van der Waals surface area contributed by atoms with Crippen LogP contribution in [0.25, 0.3) is 10.8 Å². The molecule has 0 radical (unpaired) electrons. The van der Waals surface area contributed by atoms with E-state index in [0.29, 0.717) is 5.39 Å². The summed E-state index contributed by atoms with van der Waals surface area (Å²) in [6.45, 7) is 0. The molecule has 0 saturated heterocycles. The predicted octanol–water partition coefficient (Wildman–Crippen LogP) is 2.72. The molecule has 0 aliphatic carbocycles. The van der Waals surface area contributed by atoms with Gasteiger partial charge in [-0.25, -0.2) is 28.8 Å². The Bertz CT molecular complexity index is 1340. The third-order valence-corrected chi connectivity index (χ3v) is 4.45. The van der Waals surface area contributed by atoms with Crippen molar-refractivity contribution in [3.05, 3.63) is 81.9 Å². The summed E-state index contributed by atoms with van der Waals surface area (Å²) in [6, 6.07) is 10.6. The second kappa shape index (κ2) is 9.91. The summed E-state index contributed by atoms with van der Waals surface area (Å²) in [7, 11) is 0. The zero-order chi connectivity index (χ0) is 25.7. The number of carboxylic acids is 6. The number of benzene rings is 3. The van der Waals surface area contributed by atoms with Gasteiger partial charge in [-0.1, -0.05) is 30.3 Å². The SMILES string of the molecule is O=C(O)c1cc2ccccc2c(C(=O)O)c1C(=O)O.O=C(O)c1cccc(C(=O)O)c1C(=O)O. The maximum absolute atomic E-state index is 11.3. The zero-order valence-corrected chi connectivity index (χ0v) is 16.8. The van der Waals surface area contributed by atoms with Crippen molar-refractivity contribution in [2.24, 2.45) is 0 Å². The first-order chi connectivity index (χ1) is 15.9. The van der Waals surface area contributed by atoms with Crippen LogP contribution in [0, 0.1) is 0 Å². The fourth-order valence-corrected chi connectivity index (χ4v) is 3.10. The lowest BCUT2D eigenvalue weighted by molar-refractivity contribution is 0.0632. The first kappa shape index (κ1) is 25.0. The first-order valence-electron chi connectivity index (χ1n) is 8.97. The zero-order valence-electron chi connectivity index (χ0n) is 16.8. The summed E-state index contributed by atoms with van der Waals surface area (Å²) in [5.41, 5.74) is -3.55. The van der Waals surface area contributed by atoms with Gasteiger partial charge in [-0.05, 0) is 29.0 Å². The minimum Gasteiger partial charge on any atom is -0.478 e. The van der Waals surface area contributed by atoms with Crippen molar-refractivity contribution < 1.29 is 59.4 Å². The van der Waals surface area contributed by atoms with Crippen LogP contribution in [-0.4, -0.2) is 66.5 Å². The standard InChI is InChI=1S/C13H8O6.C9H6O6/c14-11(15)8-5-6-3-1-2-4-7(6)9(12(16)17)10(8)13(18)19;10-7(11)4-2-1-3-5(8(12)13)6(4)9(14)15/h1-5H,(H,14,15)(H,16,17)(H,18,19);1-3H,(H,10,11)(H,12,13)(H,14,15). The molecule has 12 heteroatoms. The minimum absolute atomic E-state index is 0.192. The van der Waals surface area contributed by atoms with Crippen LogP contribution in [0.5, 0.6) is 0 Å². The molecule has 3 aromatic carbocycles. The molecule has 0 atom stereocenters. The van der Waals surface area contributed by atoms with E-state index in [9.17, 15) is 28.8 Å². The van der Waals surface area contributed by atoms with Crippen molar-refractivity contribution in [2.75, 3.05) is 0 Å². The van der Waals surface area contributed by atoms with Crippen LogP contribution in [0.4, 0.5) is 0 Å². The van der Waals surface area contributed by atoms with E-state index < -0.39 is 69.2 Å². The topological polar surface area (TPSA) is 224 Å². The van der Waals surface area contributed by atoms with Gasteiger partial charge in [-0.3, -0.25) is 0 Å². The molecule has 0 saturated carbocycles. The van der Waals surface area contributed by atoms with Gasteiger partial charge in [0.15, 0.2) is 0 Å². The van der Waals surface area contributed by atoms with Gasteiger partial charge >= 0.3 is 35.8 Å². The third kappa shape index (κ3) is 4.96. The van der Waals surface area contributed by atoms with Gasteiger partial charge in [-0.15, -0.1) is 0 Å². The molecule has 3 aromatic rings. The second-order valence-corrected chi connectivity index (χ2v) is 6.45. The molecule has 0 amide bonds. The molecule has 0 bridgehead atoms. The van der Waals surface area contributed by atoms with E-state index in [0.717, 1.165) is 18.2 Å². The maximum atomic E-state index is 11.3. The van der Waals surface area contributed by atoms with E-state index >= 15 is 0 Å². The minimum atomic E-state index is -1.58. The Labute approximate surface area is 188 Å². The van der Waals surface area contributed by atoms with Gasteiger partial charge in [0, 0.05) is 0 Å². The molecular formula is C22H14O12. The lowest BCUT2D eigenvalue weighted by Crippen LogP contribution is -2.15. The molecule has 0 aromatic heterocycles. The number of aromatic carboxylic acids is 6. The predicted molar refractivity (Wildman–Crippen MR) is 112 cm³/mol. The highest BCUT2D eigenvalue weighted by molar-refractivity contribution is 6.17. The monoisotopic (exact) mass is 470 g/mol. The number of rotatable bonds is 6. The van der Waals surface area contributed by atoms with Crippen LogP contribution in [0.1, 0.15) is 62.1 Å². The molecule has 0 spiro atoms. The first-order valence-corrected chi connectivity index (χ1v) is 8.97. The van der Waals surface area contributed by atoms with Gasteiger partial charge in [0.05, 0.1) is 33.4 Å². The van der Waals surface area contributed by atoms with Crippen molar-refractivity contribution in [1.29, 1.82) is 0 Å². The third-order valence-electron chi connectivity index (χ3n) is 4.45. The molecule has 12 nitrogen and oxygen atoms in total. The smallest absolute Gasteiger partial charge is 0.337 e. The van der Waals surface area contributed by atoms with E-state index in [1.165, 1.54) is 18.2 Å². The fourth-order valence-electron chi connectivity index (χ4n) is 3.10. The van der Waals surface area contributed by atoms with Crippen LogP contribution in [0.2, 0.25) is 0 Å². The van der Waals surface area contributed by atoms with E-state index in [-0.39, 0.29) is 5.39 Å². The Hall–Kier alpha value is -5.26. The van der Waals surface area contributed by atoms with Crippen molar-refractivity contribution in [2.45, 2.75) is 0 Å². The average molecular weight is 470 g/mol. The Morgan fingerprint density at radius 3 is 1.29 bits per heavy atom. The van der Waals surface area contributed by atoms with E-state index in [1.54, 1.807) is 12.1 Å². The van der Waals surface area contributed by atoms with Crippen molar-refractivity contribution in [1.82, 2.24) is 0 Å². The summed E-state index contributed by atoms with van der Waals surface area (Å²) >= 11 is 0. The lowest BCUT2D eigenvalue weighted by Gasteiger charge is -2.09. The van der Waals surface area contributed by atoms with E-state index in [1.807, 2.05) is 0 Å². The van der Waals surface area contributed by atoms with Crippen LogP contribution in [-0.2, 0) is 0 Å². The molecule has 0 unspecified atom stereocenters. The quantitative estimate of drug-likeness (QED) is 0.306. The van der Waals surface area contributed by atoms with Crippen molar-refractivity contribution >= 4 is 46.6 Å². The Kier molecular flexibility index (Phi) is 7.29. The molecule has 0 aliphatic rings. The Balaban J connectivity index is 0.000000248. The maximum Gasteiger partial charge on any atom is 0.337 e. The lowest BCUT2D eigenvalue weighted by atomic mass is 9.94. The molecule has 3 rings (SSSR count). The number of hydrogen-bond acceptors (Lipinski definition) is 6. The van der Waals surface area contributed by atoms with Gasteiger partial charge < -0.3 is 30.6 Å².